The largest absolute Gasteiger partial charge is 0.495 e. The van der Waals surface area contributed by atoms with Crippen molar-refractivity contribution in [1.82, 2.24) is 33.9 Å². The van der Waals surface area contributed by atoms with Gasteiger partial charge in [0.2, 0.25) is 0 Å². The van der Waals surface area contributed by atoms with E-state index in [-0.39, 0.29) is 5.91 Å². The summed E-state index contributed by atoms with van der Waals surface area (Å²) in [6.45, 7) is 5.63. The number of aromatic nitrogens is 7. The van der Waals surface area contributed by atoms with Crippen molar-refractivity contribution in [1.29, 1.82) is 0 Å². The summed E-state index contributed by atoms with van der Waals surface area (Å²) in [6.07, 6.45) is 10.0. The van der Waals surface area contributed by atoms with Crippen molar-refractivity contribution in [3.63, 3.8) is 0 Å². The molecule has 12 nitrogen and oxygen atoms in total. The maximum absolute atomic E-state index is 13.4. The van der Waals surface area contributed by atoms with Crippen LogP contribution in [-0.2, 0) is 20.0 Å². The molecule has 0 bridgehead atoms. The molecular weight excluding hydrogens is 628 g/mol. The van der Waals surface area contributed by atoms with Crippen LogP contribution in [0, 0.1) is 5.92 Å². The van der Waals surface area contributed by atoms with Gasteiger partial charge in [-0.2, -0.15) is 0 Å². The van der Waals surface area contributed by atoms with Crippen LogP contribution in [0.3, 0.4) is 0 Å². The fourth-order valence-electron chi connectivity index (χ4n) is 7.64. The molecule has 6 aromatic rings. The Hall–Kier alpha value is -5.23. The Morgan fingerprint density at radius 1 is 1.06 bits per heavy atom. The lowest BCUT2D eigenvalue weighted by Gasteiger charge is -2.29. The van der Waals surface area contributed by atoms with E-state index >= 15 is 0 Å². The van der Waals surface area contributed by atoms with Gasteiger partial charge in [0.25, 0.3) is 5.91 Å². The number of hydrogen-bond acceptors (Lipinski definition) is 8. The predicted molar refractivity (Wildman–Crippen MR) is 197 cm³/mol. The number of ether oxygens (including phenoxy) is 1. The molecule has 260 valence electrons. The third kappa shape index (κ3) is 6.19. The number of methoxy groups -OCH3 is 1. The standard InChI is InChI=1S/C38H46N10O2/c1-23(2)36-45-44-33(47(36)18-17-39)16-11-24-9-13-27(14-10-24)48-21-28(34-35(40)41-22-42-37(34)48)25-12-15-29(32(20-25)50-4)43-38(49)31-19-26-7-5-6-8-30(26)46(31)3/h5-8,12,15,19-24,27H,9-11,13-14,16-18,39H2,1-4H3,(H,43,49)(H2,40,41,42). The van der Waals surface area contributed by atoms with Gasteiger partial charge in [-0.25, -0.2) is 9.97 Å². The summed E-state index contributed by atoms with van der Waals surface area (Å²) in [4.78, 5) is 22.5. The van der Waals surface area contributed by atoms with E-state index in [1.165, 1.54) is 0 Å². The zero-order chi connectivity index (χ0) is 34.9. The van der Waals surface area contributed by atoms with E-state index in [0.717, 1.165) is 89.8 Å². The minimum atomic E-state index is -0.211. The molecule has 4 aromatic heterocycles. The van der Waals surface area contributed by atoms with E-state index in [4.69, 9.17) is 21.2 Å². The molecule has 1 aliphatic carbocycles. The molecule has 1 fully saturated rings. The van der Waals surface area contributed by atoms with E-state index < -0.39 is 0 Å². The van der Waals surface area contributed by atoms with Crippen molar-refractivity contribution in [3.8, 4) is 16.9 Å². The lowest BCUT2D eigenvalue weighted by atomic mass is 9.83. The van der Waals surface area contributed by atoms with Crippen molar-refractivity contribution < 1.29 is 9.53 Å². The number of nitrogen functional groups attached to an aromatic ring is 1. The molecule has 0 unspecified atom stereocenters. The molecule has 4 heterocycles. The number of hydrogen-bond donors (Lipinski definition) is 3. The van der Waals surface area contributed by atoms with Gasteiger partial charge in [0.15, 0.2) is 0 Å². The third-order valence-electron chi connectivity index (χ3n) is 10.3. The van der Waals surface area contributed by atoms with Crippen LogP contribution in [0.15, 0.2) is 61.1 Å². The van der Waals surface area contributed by atoms with Gasteiger partial charge in [0.1, 0.15) is 40.9 Å². The molecule has 0 spiro atoms. The highest BCUT2D eigenvalue weighted by Crippen LogP contribution is 2.41. The van der Waals surface area contributed by atoms with Crippen molar-refractivity contribution in [2.45, 2.75) is 70.9 Å². The summed E-state index contributed by atoms with van der Waals surface area (Å²) in [5, 5.41) is 13.9. The van der Waals surface area contributed by atoms with E-state index in [2.05, 4.69) is 49.7 Å². The summed E-state index contributed by atoms with van der Waals surface area (Å²) >= 11 is 0. The fourth-order valence-corrected chi connectivity index (χ4v) is 7.64. The van der Waals surface area contributed by atoms with E-state index in [9.17, 15) is 4.79 Å². The number of carbonyl (C=O) groups is 1. The average molecular weight is 675 g/mol. The van der Waals surface area contributed by atoms with Gasteiger partial charge in [-0.3, -0.25) is 4.79 Å². The number of anilines is 2. The zero-order valence-electron chi connectivity index (χ0n) is 29.3. The number of nitrogens with two attached hydrogens (primary N) is 2. The lowest BCUT2D eigenvalue weighted by molar-refractivity contribution is 0.101. The normalized spacial score (nSPS) is 16.4. The van der Waals surface area contributed by atoms with E-state index in [1.54, 1.807) is 13.4 Å². The van der Waals surface area contributed by atoms with Crippen LogP contribution in [-0.4, -0.2) is 53.4 Å². The number of benzene rings is 2. The van der Waals surface area contributed by atoms with Gasteiger partial charge in [-0.1, -0.05) is 38.1 Å². The Bertz CT molecular complexity index is 2150. The average Bonchev–Trinajstić information content (AvgIpc) is 3.82. The monoisotopic (exact) mass is 674 g/mol. The number of rotatable bonds is 11. The molecule has 50 heavy (non-hydrogen) atoms. The van der Waals surface area contributed by atoms with Gasteiger partial charge in [0.05, 0.1) is 18.2 Å². The van der Waals surface area contributed by atoms with Crippen molar-refractivity contribution in [2.75, 3.05) is 24.7 Å². The quantitative estimate of drug-likeness (QED) is 0.141. The first-order chi connectivity index (χ1) is 24.3. The van der Waals surface area contributed by atoms with Gasteiger partial charge < -0.3 is 35.2 Å². The van der Waals surface area contributed by atoms with Gasteiger partial charge in [0, 0.05) is 61.2 Å². The van der Waals surface area contributed by atoms with Crippen molar-refractivity contribution in [3.05, 3.63) is 78.4 Å². The van der Waals surface area contributed by atoms with E-state index in [0.29, 0.717) is 47.4 Å². The van der Waals surface area contributed by atoms with Crippen molar-refractivity contribution >= 4 is 39.3 Å². The number of amides is 1. The molecular formula is C38H46N10O2. The lowest BCUT2D eigenvalue weighted by Crippen LogP contribution is -2.20. The Labute approximate surface area is 291 Å². The van der Waals surface area contributed by atoms with Crippen molar-refractivity contribution in [2.24, 2.45) is 18.7 Å². The first-order valence-electron chi connectivity index (χ1n) is 17.5. The minimum Gasteiger partial charge on any atom is -0.495 e. The molecule has 0 saturated heterocycles. The summed E-state index contributed by atoms with van der Waals surface area (Å²) in [7, 11) is 3.50. The number of nitrogens with zero attached hydrogens (tertiary/aromatic N) is 7. The van der Waals surface area contributed by atoms with E-state index in [1.807, 2.05) is 60.1 Å². The Balaban J connectivity index is 1.09. The molecule has 7 rings (SSSR count). The zero-order valence-corrected chi connectivity index (χ0v) is 29.3. The summed E-state index contributed by atoms with van der Waals surface area (Å²) in [6, 6.07) is 15.9. The number of aryl methyl sites for hydroxylation is 2. The molecule has 0 atom stereocenters. The molecule has 0 radical (unpaired) electrons. The molecule has 2 aromatic carbocycles. The Morgan fingerprint density at radius 3 is 2.60 bits per heavy atom. The fraction of sp³-hybridized carbons (Fsp3) is 0.395. The molecule has 12 heteroatoms. The van der Waals surface area contributed by atoms with Crippen LogP contribution >= 0.6 is 0 Å². The summed E-state index contributed by atoms with van der Waals surface area (Å²) in [5.41, 5.74) is 17.2. The third-order valence-corrected chi connectivity index (χ3v) is 10.3. The number of nitrogens with one attached hydrogen (secondary N) is 1. The molecule has 5 N–H and O–H groups in total. The number of carbonyl (C=O) groups excluding carboxylic acids is 1. The first kappa shape index (κ1) is 33.3. The second-order valence-electron chi connectivity index (χ2n) is 13.7. The molecule has 1 aliphatic rings. The molecule has 0 aliphatic heterocycles. The second kappa shape index (κ2) is 13.9. The maximum Gasteiger partial charge on any atom is 0.272 e. The highest BCUT2D eigenvalue weighted by Gasteiger charge is 2.27. The smallest absolute Gasteiger partial charge is 0.272 e. The van der Waals surface area contributed by atoms with Crippen LogP contribution in [0.5, 0.6) is 5.75 Å². The Morgan fingerprint density at radius 2 is 1.86 bits per heavy atom. The molecule has 1 amide bonds. The van der Waals surface area contributed by atoms with Crippen LogP contribution in [0.1, 0.15) is 80.0 Å². The van der Waals surface area contributed by atoms with Gasteiger partial charge in [-0.15, -0.1) is 10.2 Å². The highest BCUT2D eigenvalue weighted by molar-refractivity contribution is 6.07. The van der Waals surface area contributed by atoms with Gasteiger partial charge >= 0.3 is 0 Å². The summed E-state index contributed by atoms with van der Waals surface area (Å²) in [5.74, 6) is 3.78. The van der Waals surface area contributed by atoms with Crippen LogP contribution in [0.25, 0.3) is 33.1 Å². The predicted octanol–water partition coefficient (Wildman–Crippen LogP) is 6.47. The number of para-hydroxylation sites is 1. The first-order valence-corrected chi connectivity index (χ1v) is 17.5. The van der Waals surface area contributed by atoms with Crippen LogP contribution in [0.2, 0.25) is 0 Å². The SMILES string of the molecule is COc1cc(-c2cn(C3CCC(CCc4nnc(C(C)C)n4CCN)CC3)c3ncnc(N)c23)ccc1NC(=O)c1cc2ccccc2n1C. The maximum atomic E-state index is 13.4. The minimum absolute atomic E-state index is 0.211. The van der Waals surface area contributed by atoms with Crippen LogP contribution < -0.4 is 21.5 Å². The van der Waals surface area contributed by atoms with Gasteiger partial charge in [-0.05, 0) is 67.9 Å². The second-order valence-corrected chi connectivity index (χ2v) is 13.7. The summed E-state index contributed by atoms with van der Waals surface area (Å²) < 4.78 is 12.2. The highest BCUT2D eigenvalue weighted by atomic mass is 16.5. The topological polar surface area (TPSA) is 157 Å². The Kier molecular flexibility index (Phi) is 9.28. The van der Waals surface area contributed by atoms with Crippen LogP contribution in [0.4, 0.5) is 11.5 Å². The number of fused-ring (bicyclic) bond motifs is 2. The molecule has 1 saturated carbocycles.